The zero-order valence-electron chi connectivity index (χ0n) is 19.9. The van der Waals surface area contributed by atoms with E-state index < -0.39 is 12.6 Å². The van der Waals surface area contributed by atoms with Crippen molar-refractivity contribution in [3.8, 4) is 11.5 Å². The second kappa shape index (κ2) is 11.9. The molecule has 6 nitrogen and oxygen atoms in total. The Labute approximate surface area is 212 Å². The number of alkyl halides is 2. The minimum absolute atomic E-state index is 0.144. The third kappa shape index (κ3) is 6.15. The summed E-state index contributed by atoms with van der Waals surface area (Å²) in [6.07, 6.45) is 0.744. The molecular formula is C27H26F2N2O4S. The van der Waals surface area contributed by atoms with E-state index in [-0.39, 0.29) is 12.4 Å². The van der Waals surface area contributed by atoms with E-state index >= 15 is 0 Å². The Balaban J connectivity index is 1.63. The van der Waals surface area contributed by atoms with Crippen LogP contribution in [0.3, 0.4) is 0 Å². The van der Waals surface area contributed by atoms with Gasteiger partial charge in [0.2, 0.25) is 0 Å². The van der Waals surface area contributed by atoms with Crippen molar-refractivity contribution in [3.05, 3.63) is 83.4 Å². The van der Waals surface area contributed by atoms with Crippen molar-refractivity contribution in [1.29, 1.82) is 0 Å². The van der Waals surface area contributed by atoms with Crippen LogP contribution >= 0.6 is 11.8 Å². The van der Waals surface area contributed by atoms with E-state index in [2.05, 4.69) is 9.30 Å². The van der Waals surface area contributed by atoms with Gasteiger partial charge in [-0.05, 0) is 55.3 Å². The lowest BCUT2D eigenvalue weighted by molar-refractivity contribution is -0.0503. The quantitative estimate of drug-likeness (QED) is 0.172. The molecule has 36 heavy (non-hydrogen) atoms. The van der Waals surface area contributed by atoms with Gasteiger partial charge in [0.25, 0.3) is 0 Å². The van der Waals surface area contributed by atoms with Crippen LogP contribution < -0.4 is 9.47 Å². The van der Waals surface area contributed by atoms with Crippen molar-refractivity contribution >= 4 is 28.8 Å². The molecule has 0 saturated carbocycles. The predicted octanol–water partition coefficient (Wildman–Crippen LogP) is 6.36. The minimum Gasteiger partial charge on any atom is -0.497 e. The van der Waals surface area contributed by atoms with Gasteiger partial charge < -0.3 is 18.8 Å². The summed E-state index contributed by atoms with van der Waals surface area (Å²) in [6, 6.07) is 19.9. The molecule has 0 atom stereocenters. The number of rotatable bonds is 11. The Bertz CT molecular complexity index is 1330. The molecule has 0 radical (unpaired) electrons. The molecular weight excluding hydrogens is 486 g/mol. The van der Waals surface area contributed by atoms with Gasteiger partial charge in [-0.2, -0.15) is 8.78 Å². The lowest BCUT2D eigenvalue weighted by Crippen LogP contribution is -2.06. The van der Waals surface area contributed by atoms with Crippen LogP contribution in [0.15, 0.2) is 71.9 Å². The van der Waals surface area contributed by atoms with Gasteiger partial charge in [-0.15, -0.1) is 0 Å². The maximum Gasteiger partial charge on any atom is 0.387 e. The predicted molar refractivity (Wildman–Crippen MR) is 135 cm³/mol. The molecule has 0 spiro atoms. The first-order valence-electron chi connectivity index (χ1n) is 11.4. The van der Waals surface area contributed by atoms with E-state index in [4.69, 9.17) is 14.5 Å². The molecule has 0 fully saturated rings. The first kappa shape index (κ1) is 25.5. The number of esters is 1. The van der Waals surface area contributed by atoms with E-state index in [1.807, 2.05) is 30.3 Å². The highest BCUT2D eigenvalue weighted by atomic mass is 32.2. The monoisotopic (exact) mass is 512 g/mol. The first-order chi connectivity index (χ1) is 17.5. The van der Waals surface area contributed by atoms with Gasteiger partial charge in [-0.25, -0.2) is 9.78 Å². The number of benzene rings is 3. The van der Waals surface area contributed by atoms with Gasteiger partial charge in [-0.1, -0.05) is 42.1 Å². The SMILES string of the molecule is CCOC(=O)c1ccc2c(c1)nc(SCc1ccccc1OC(F)F)n2CCc1ccc(OC)cc1. The zero-order valence-corrected chi connectivity index (χ0v) is 20.8. The lowest BCUT2D eigenvalue weighted by atomic mass is 10.1. The Hall–Kier alpha value is -3.59. The molecule has 1 aromatic heterocycles. The molecule has 0 amide bonds. The van der Waals surface area contributed by atoms with Gasteiger partial charge >= 0.3 is 12.6 Å². The number of ether oxygens (including phenoxy) is 3. The van der Waals surface area contributed by atoms with Crippen LogP contribution in [0.2, 0.25) is 0 Å². The number of aryl methyl sites for hydroxylation is 2. The molecule has 0 aliphatic heterocycles. The van der Waals surface area contributed by atoms with Crippen molar-refractivity contribution in [2.45, 2.75) is 37.4 Å². The molecule has 0 saturated heterocycles. The number of thioether (sulfide) groups is 1. The van der Waals surface area contributed by atoms with Gasteiger partial charge in [0.05, 0.1) is 30.3 Å². The molecule has 1 heterocycles. The van der Waals surface area contributed by atoms with Crippen molar-refractivity contribution in [1.82, 2.24) is 9.55 Å². The average Bonchev–Trinajstić information content (AvgIpc) is 3.23. The second-order valence-corrected chi connectivity index (χ2v) is 8.79. The Kier molecular flexibility index (Phi) is 8.43. The van der Waals surface area contributed by atoms with E-state index in [1.54, 1.807) is 44.4 Å². The maximum absolute atomic E-state index is 12.8. The Morgan fingerprint density at radius 3 is 2.58 bits per heavy atom. The number of carbonyl (C=O) groups is 1. The van der Waals surface area contributed by atoms with Crippen molar-refractivity contribution in [2.75, 3.05) is 13.7 Å². The summed E-state index contributed by atoms with van der Waals surface area (Å²) in [4.78, 5) is 17.0. The number of carbonyl (C=O) groups excluding carboxylic acids is 1. The maximum atomic E-state index is 12.8. The lowest BCUT2D eigenvalue weighted by Gasteiger charge is -2.12. The van der Waals surface area contributed by atoms with Crippen LogP contribution in [0.1, 0.15) is 28.4 Å². The van der Waals surface area contributed by atoms with Crippen LogP contribution in [-0.2, 0) is 23.5 Å². The van der Waals surface area contributed by atoms with Crippen molar-refractivity contribution in [3.63, 3.8) is 0 Å². The van der Waals surface area contributed by atoms with Crippen LogP contribution in [0.5, 0.6) is 11.5 Å². The van der Waals surface area contributed by atoms with Gasteiger partial charge in [0, 0.05) is 17.9 Å². The third-order valence-electron chi connectivity index (χ3n) is 5.55. The van der Waals surface area contributed by atoms with Gasteiger partial charge in [-0.3, -0.25) is 0 Å². The van der Waals surface area contributed by atoms with Gasteiger partial charge in [0.15, 0.2) is 5.16 Å². The molecule has 0 bridgehead atoms. The molecule has 3 aromatic carbocycles. The van der Waals surface area contributed by atoms with Crippen LogP contribution in [0.25, 0.3) is 11.0 Å². The summed E-state index contributed by atoms with van der Waals surface area (Å²) >= 11 is 1.42. The summed E-state index contributed by atoms with van der Waals surface area (Å²) in [6.45, 7) is -0.214. The molecule has 0 unspecified atom stereocenters. The fourth-order valence-electron chi connectivity index (χ4n) is 3.78. The first-order valence-corrected chi connectivity index (χ1v) is 12.4. The largest absolute Gasteiger partial charge is 0.497 e. The van der Waals surface area contributed by atoms with Crippen molar-refractivity contribution < 1.29 is 27.8 Å². The highest BCUT2D eigenvalue weighted by Gasteiger charge is 2.16. The number of fused-ring (bicyclic) bond motifs is 1. The van der Waals surface area contributed by atoms with Crippen LogP contribution in [0, 0.1) is 0 Å². The minimum atomic E-state index is -2.90. The van der Waals surface area contributed by atoms with Crippen molar-refractivity contribution in [2.24, 2.45) is 0 Å². The van der Waals surface area contributed by atoms with Crippen LogP contribution in [0.4, 0.5) is 8.78 Å². The molecule has 4 rings (SSSR count). The molecule has 0 aliphatic carbocycles. The second-order valence-electron chi connectivity index (χ2n) is 7.84. The summed E-state index contributed by atoms with van der Waals surface area (Å²) in [5.41, 5.74) is 3.73. The molecule has 0 N–H and O–H groups in total. The fraction of sp³-hybridized carbons (Fsp3) is 0.259. The smallest absolute Gasteiger partial charge is 0.387 e. The number of hydrogen-bond acceptors (Lipinski definition) is 6. The summed E-state index contributed by atoms with van der Waals surface area (Å²) in [7, 11) is 1.63. The van der Waals surface area contributed by atoms with Crippen LogP contribution in [-0.4, -0.2) is 35.8 Å². The molecule has 188 valence electrons. The number of imidazole rings is 1. The fourth-order valence-corrected chi connectivity index (χ4v) is 4.82. The normalized spacial score (nSPS) is 11.1. The number of methoxy groups -OCH3 is 1. The molecule has 0 aliphatic rings. The number of halogens is 2. The third-order valence-corrected chi connectivity index (χ3v) is 6.58. The average molecular weight is 513 g/mol. The summed E-state index contributed by atoms with van der Waals surface area (Å²) < 4.78 is 42.8. The molecule has 4 aromatic rings. The standard InChI is InChI=1S/C27H26F2N2O4S/c1-3-34-25(32)19-10-13-23-22(16-19)30-27(31(23)15-14-18-8-11-21(33-2)12-9-18)36-17-20-6-4-5-7-24(20)35-26(28)29/h4-13,16,26H,3,14-15,17H2,1-2H3. The highest BCUT2D eigenvalue weighted by Crippen LogP contribution is 2.31. The number of aromatic nitrogens is 2. The summed E-state index contributed by atoms with van der Waals surface area (Å²) in [5.74, 6) is 0.920. The van der Waals surface area contributed by atoms with E-state index in [1.165, 1.54) is 17.8 Å². The Morgan fingerprint density at radius 2 is 1.86 bits per heavy atom. The number of nitrogens with zero attached hydrogens (tertiary/aromatic N) is 2. The molecule has 9 heteroatoms. The number of hydrogen-bond donors (Lipinski definition) is 0. The highest BCUT2D eigenvalue weighted by molar-refractivity contribution is 7.98. The zero-order chi connectivity index (χ0) is 25.5. The summed E-state index contributed by atoms with van der Waals surface area (Å²) in [5, 5.41) is 0.714. The van der Waals surface area contributed by atoms with Gasteiger partial charge in [0.1, 0.15) is 11.5 Å². The van der Waals surface area contributed by atoms with E-state index in [9.17, 15) is 13.6 Å². The van der Waals surface area contributed by atoms with E-state index in [0.717, 1.165) is 23.3 Å². The Morgan fingerprint density at radius 1 is 1.08 bits per heavy atom. The number of para-hydroxylation sites is 1. The topological polar surface area (TPSA) is 62.6 Å². The van der Waals surface area contributed by atoms with E-state index in [0.29, 0.717) is 34.1 Å².